The number of nitrogens with zero attached hydrogens (tertiary/aromatic N) is 1. The number of hydrogen-bond acceptors (Lipinski definition) is 3. The maximum absolute atomic E-state index is 11.9. The van der Waals surface area contributed by atoms with Crippen LogP contribution in [0.1, 0.15) is 6.42 Å². The summed E-state index contributed by atoms with van der Waals surface area (Å²) in [6.07, 6.45) is 3.45. The van der Waals surface area contributed by atoms with E-state index in [1.807, 2.05) is 30.3 Å². The lowest BCUT2D eigenvalue weighted by molar-refractivity contribution is -0.140. The van der Waals surface area contributed by atoms with Crippen molar-refractivity contribution in [2.24, 2.45) is 0 Å². The highest BCUT2D eigenvalue weighted by atomic mass is 16.5. The molecule has 5 heteroatoms. The van der Waals surface area contributed by atoms with Crippen molar-refractivity contribution < 1.29 is 14.3 Å². The molecule has 1 heterocycles. The third-order valence-electron chi connectivity index (χ3n) is 2.71. The van der Waals surface area contributed by atoms with Crippen LogP contribution < -0.4 is 10.2 Å². The topological polar surface area (TPSA) is 58.6 Å². The first-order valence-electron chi connectivity index (χ1n) is 5.60. The van der Waals surface area contributed by atoms with Crippen molar-refractivity contribution in [3.05, 3.63) is 42.6 Å². The van der Waals surface area contributed by atoms with E-state index in [0.717, 1.165) is 5.69 Å². The number of amides is 2. The molecule has 0 aromatic heterocycles. The van der Waals surface area contributed by atoms with Crippen LogP contribution in [0.4, 0.5) is 10.5 Å². The van der Waals surface area contributed by atoms with Gasteiger partial charge in [-0.05, 0) is 18.2 Å². The first-order valence-corrected chi connectivity index (χ1v) is 5.60. The molecule has 1 aliphatic rings. The van der Waals surface area contributed by atoms with E-state index in [-0.39, 0.29) is 24.5 Å². The predicted octanol–water partition coefficient (Wildman–Crippen LogP) is 1.66. The van der Waals surface area contributed by atoms with E-state index < -0.39 is 0 Å². The minimum absolute atomic E-state index is 0.134. The summed E-state index contributed by atoms with van der Waals surface area (Å²) in [6.45, 7) is 0. The number of esters is 1. The number of carbonyl (C=O) groups excluding carboxylic acids is 2. The lowest BCUT2D eigenvalue weighted by Gasteiger charge is -2.31. The molecular weight excluding hydrogens is 232 g/mol. The first kappa shape index (κ1) is 12.2. The molecule has 94 valence electrons. The van der Waals surface area contributed by atoms with Crippen LogP contribution in [0.2, 0.25) is 0 Å². The molecule has 0 saturated heterocycles. The zero-order valence-electron chi connectivity index (χ0n) is 10.00. The van der Waals surface area contributed by atoms with Crippen LogP contribution in [0, 0.1) is 0 Å². The summed E-state index contributed by atoms with van der Waals surface area (Å²) >= 11 is 0. The Balaban J connectivity index is 2.26. The van der Waals surface area contributed by atoms with Crippen LogP contribution in [0.3, 0.4) is 0 Å². The number of hydrogen-bond donors (Lipinski definition) is 1. The summed E-state index contributed by atoms with van der Waals surface area (Å²) < 4.78 is 4.64. The average Bonchev–Trinajstić information content (AvgIpc) is 2.40. The van der Waals surface area contributed by atoms with Gasteiger partial charge in [-0.3, -0.25) is 9.69 Å². The number of anilines is 1. The minimum Gasteiger partial charge on any atom is -0.469 e. The lowest BCUT2D eigenvalue weighted by atomic mass is 10.1. The summed E-state index contributed by atoms with van der Waals surface area (Å²) in [5.74, 6) is -0.347. The second-order valence-electron chi connectivity index (χ2n) is 3.86. The molecule has 2 rings (SSSR count). The Bertz CT molecular complexity index is 470. The van der Waals surface area contributed by atoms with E-state index in [1.54, 1.807) is 12.3 Å². The molecule has 1 atom stereocenters. The zero-order valence-corrected chi connectivity index (χ0v) is 10.00. The van der Waals surface area contributed by atoms with Crippen molar-refractivity contribution in [1.82, 2.24) is 5.32 Å². The molecule has 1 N–H and O–H groups in total. The Morgan fingerprint density at radius 2 is 2.11 bits per heavy atom. The quantitative estimate of drug-likeness (QED) is 0.825. The molecule has 0 bridgehead atoms. The van der Waals surface area contributed by atoms with E-state index in [9.17, 15) is 9.59 Å². The molecule has 2 amide bonds. The Labute approximate surface area is 105 Å². The smallest absolute Gasteiger partial charge is 0.326 e. The van der Waals surface area contributed by atoms with E-state index in [2.05, 4.69) is 10.1 Å². The second-order valence-corrected chi connectivity index (χ2v) is 3.86. The average molecular weight is 246 g/mol. The molecule has 5 nitrogen and oxygen atoms in total. The third kappa shape index (κ3) is 2.51. The van der Waals surface area contributed by atoms with Gasteiger partial charge in [-0.1, -0.05) is 18.2 Å². The lowest BCUT2D eigenvalue weighted by Crippen LogP contribution is -2.48. The van der Waals surface area contributed by atoms with Crippen LogP contribution in [0.5, 0.6) is 0 Å². The summed E-state index contributed by atoms with van der Waals surface area (Å²) in [4.78, 5) is 24.8. The highest BCUT2D eigenvalue weighted by Gasteiger charge is 2.28. The number of methoxy groups -OCH3 is 1. The van der Waals surface area contributed by atoms with Gasteiger partial charge in [-0.15, -0.1) is 0 Å². The van der Waals surface area contributed by atoms with Gasteiger partial charge in [0.05, 0.1) is 19.6 Å². The summed E-state index contributed by atoms with van der Waals surface area (Å²) in [5, 5.41) is 2.61. The van der Waals surface area contributed by atoms with E-state index in [4.69, 9.17) is 0 Å². The highest BCUT2D eigenvalue weighted by molar-refractivity contribution is 5.95. The normalized spacial score (nSPS) is 18.4. The highest BCUT2D eigenvalue weighted by Crippen LogP contribution is 2.21. The van der Waals surface area contributed by atoms with Gasteiger partial charge in [0.25, 0.3) is 0 Å². The Kier molecular flexibility index (Phi) is 3.62. The summed E-state index contributed by atoms with van der Waals surface area (Å²) in [5.41, 5.74) is 0.744. The first-order chi connectivity index (χ1) is 8.72. The van der Waals surface area contributed by atoms with Crippen molar-refractivity contribution in [2.45, 2.75) is 12.5 Å². The van der Waals surface area contributed by atoms with Gasteiger partial charge in [-0.2, -0.15) is 0 Å². The predicted molar refractivity (Wildman–Crippen MR) is 67.0 cm³/mol. The fourth-order valence-corrected chi connectivity index (χ4v) is 1.85. The van der Waals surface area contributed by atoms with Crippen molar-refractivity contribution in [3.63, 3.8) is 0 Å². The zero-order chi connectivity index (χ0) is 13.0. The fraction of sp³-hybridized carbons (Fsp3) is 0.231. The molecule has 1 unspecified atom stereocenters. The largest absolute Gasteiger partial charge is 0.469 e. The number of para-hydroxylation sites is 1. The minimum atomic E-state index is -0.347. The molecule has 0 aliphatic carbocycles. The molecule has 0 radical (unpaired) electrons. The molecule has 1 aromatic rings. The van der Waals surface area contributed by atoms with Crippen LogP contribution in [-0.4, -0.2) is 25.2 Å². The molecular formula is C13H14N2O3. The van der Waals surface area contributed by atoms with Gasteiger partial charge in [-0.25, -0.2) is 4.79 Å². The van der Waals surface area contributed by atoms with Gasteiger partial charge in [0.2, 0.25) is 0 Å². The maximum Gasteiger partial charge on any atom is 0.326 e. The SMILES string of the molecule is COC(=O)CC1C=CNC(=O)N1c1ccccc1. The van der Waals surface area contributed by atoms with Crippen molar-refractivity contribution in [2.75, 3.05) is 12.0 Å². The van der Waals surface area contributed by atoms with Gasteiger partial charge in [0.15, 0.2) is 0 Å². The second kappa shape index (κ2) is 5.35. The van der Waals surface area contributed by atoms with Gasteiger partial charge in [0.1, 0.15) is 0 Å². The van der Waals surface area contributed by atoms with Gasteiger partial charge < -0.3 is 10.1 Å². The molecule has 0 fully saturated rings. The van der Waals surface area contributed by atoms with Crippen molar-refractivity contribution in [1.29, 1.82) is 0 Å². The number of ether oxygens (including phenoxy) is 1. The van der Waals surface area contributed by atoms with Crippen molar-refractivity contribution >= 4 is 17.7 Å². The Hall–Kier alpha value is -2.30. The van der Waals surface area contributed by atoms with Crippen LogP contribution in [-0.2, 0) is 9.53 Å². The standard InChI is InChI=1S/C13H14N2O3/c1-18-12(16)9-11-7-8-14-13(17)15(11)10-5-3-2-4-6-10/h2-8,11H,9H2,1H3,(H,14,17). The van der Waals surface area contributed by atoms with Crippen LogP contribution in [0.15, 0.2) is 42.6 Å². The monoisotopic (exact) mass is 246 g/mol. The molecule has 1 aliphatic heterocycles. The summed E-state index contributed by atoms with van der Waals surface area (Å²) in [6, 6.07) is 8.63. The number of rotatable bonds is 3. The fourth-order valence-electron chi connectivity index (χ4n) is 1.85. The Morgan fingerprint density at radius 1 is 1.39 bits per heavy atom. The maximum atomic E-state index is 11.9. The molecule has 0 saturated carbocycles. The molecule has 0 spiro atoms. The van der Waals surface area contributed by atoms with Gasteiger partial charge in [0, 0.05) is 11.9 Å². The van der Waals surface area contributed by atoms with Crippen molar-refractivity contribution in [3.8, 4) is 0 Å². The van der Waals surface area contributed by atoms with Crippen LogP contribution >= 0.6 is 0 Å². The Morgan fingerprint density at radius 3 is 2.78 bits per heavy atom. The number of nitrogens with one attached hydrogen (secondary N) is 1. The number of carbonyl (C=O) groups is 2. The number of urea groups is 1. The molecule has 18 heavy (non-hydrogen) atoms. The third-order valence-corrected chi connectivity index (χ3v) is 2.71. The summed E-state index contributed by atoms with van der Waals surface area (Å²) in [7, 11) is 1.34. The van der Waals surface area contributed by atoms with E-state index in [1.165, 1.54) is 12.0 Å². The molecule has 1 aromatic carbocycles. The number of benzene rings is 1. The van der Waals surface area contributed by atoms with E-state index in [0.29, 0.717) is 0 Å². The van der Waals surface area contributed by atoms with E-state index >= 15 is 0 Å². The van der Waals surface area contributed by atoms with Gasteiger partial charge >= 0.3 is 12.0 Å². The van der Waals surface area contributed by atoms with Crippen LogP contribution in [0.25, 0.3) is 0 Å².